The summed E-state index contributed by atoms with van der Waals surface area (Å²) in [6.45, 7) is 7.66. The van der Waals surface area contributed by atoms with Crippen molar-refractivity contribution in [2.75, 3.05) is 6.54 Å². The molecule has 5 rings (SSSR count). The van der Waals surface area contributed by atoms with E-state index in [0.29, 0.717) is 30.4 Å². The molecule has 3 heterocycles. The summed E-state index contributed by atoms with van der Waals surface area (Å²) in [6.07, 6.45) is 5.46. The second kappa shape index (κ2) is 12.1. The Morgan fingerprint density at radius 3 is 2.52 bits per heavy atom. The number of nitrogens with zero attached hydrogens (tertiary/aromatic N) is 4. The number of hydrogen-bond donors (Lipinski definition) is 1. The minimum atomic E-state index is -0.591. The fourth-order valence-electron chi connectivity index (χ4n) is 5.46. The standard InChI is InChI=1S/C31H35N5O3S/c1-4-5-12-27-32-21(3)26(18-28(40)35-17-8-9-20(35)2)30(37)36(27)19-22-13-15-23(16-14-22)24-10-6-7-11-25(24)29-33-31(38)39-34-29/h6-7,10-11,13-16,20H,4-5,8-9,12,17-19H2,1-3H3,(H,33,34,38). The molecular weight excluding hydrogens is 522 g/mol. The lowest BCUT2D eigenvalue weighted by Crippen LogP contribution is -2.37. The van der Waals surface area contributed by atoms with E-state index in [4.69, 9.17) is 21.7 Å². The summed E-state index contributed by atoms with van der Waals surface area (Å²) in [6, 6.07) is 16.2. The van der Waals surface area contributed by atoms with E-state index in [1.807, 2.05) is 60.0 Å². The first-order valence-corrected chi connectivity index (χ1v) is 14.4. The molecule has 1 N–H and O–H groups in total. The molecule has 2 aromatic carbocycles. The molecule has 9 heteroatoms. The number of aryl methyl sites for hydroxylation is 2. The van der Waals surface area contributed by atoms with E-state index >= 15 is 0 Å². The summed E-state index contributed by atoms with van der Waals surface area (Å²) in [5, 5.41) is 3.85. The lowest BCUT2D eigenvalue weighted by atomic mass is 9.98. The molecule has 1 unspecified atom stereocenters. The van der Waals surface area contributed by atoms with Gasteiger partial charge in [0.2, 0.25) is 0 Å². The van der Waals surface area contributed by atoms with Crippen molar-refractivity contribution in [3.8, 4) is 22.5 Å². The Bertz CT molecular complexity index is 1620. The van der Waals surface area contributed by atoms with Gasteiger partial charge in [-0.2, -0.15) is 0 Å². The molecule has 208 valence electrons. The molecular formula is C31H35N5O3S. The highest BCUT2D eigenvalue weighted by Crippen LogP contribution is 2.30. The van der Waals surface area contributed by atoms with Crippen molar-refractivity contribution in [3.63, 3.8) is 0 Å². The third-order valence-electron chi connectivity index (χ3n) is 7.73. The Kier molecular flexibility index (Phi) is 8.40. The van der Waals surface area contributed by atoms with E-state index in [0.717, 1.165) is 77.4 Å². The fraction of sp³-hybridized carbons (Fsp3) is 0.387. The minimum absolute atomic E-state index is 0.00258. The van der Waals surface area contributed by atoms with E-state index in [9.17, 15) is 9.59 Å². The van der Waals surface area contributed by atoms with Crippen LogP contribution >= 0.6 is 12.2 Å². The van der Waals surface area contributed by atoms with Crippen LogP contribution in [-0.4, -0.2) is 42.2 Å². The van der Waals surface area contributed by atoms with Gasteiger partial charge in [0.15, 0.2) is 5.82 Å². The van der Waals surface area contributed by atoms with Crippen molar-refractivity contribution in [2.24, 2.45) is 0 Å². The number of hydrogen-bond acceptors (Lipinski definition) is 6. The van der Waals surface area contributed by atoms with E-state index < -0.39 is 5.76 Å². The van der Waals surface area contributed by atoms with Gasteiger partial charge in [-0.05, 0) is 49.8 Å². The van der Waals surface area contributed by atoms with Crippen LogP contribution in [0.15, 0.2) is 62.6 Å². The van der Waals surface area contributed by atoms with Gasteiger partial charge in [0, 0.05) is 42.2 Å². The third kappa shape index (κ3) is 5.84. The van der Waals surface area contributed by atoms with Crippen molar-refractivity contribution >= 4 is 17.2 Å². The molecule has 0 bridgehead atoms. The van der Waals surface area contributed by atoms with Crippen LogP contribution in [-0.2, 0) is 19.4 Å². The van der Waals surface area contributed by atoms with Gasteiger partial charge in [-0.3, -0.25) is 18.9 Å². The average molecular weight is 558 g/mol. The number of rotatable bonds is 9. The second-order valence-electron chi connectivity index (χ2n) is 10.5. The maximum Gasteiger partial charge on any atom is 0.439 e. The van der Waals surface area contributed by atoms with Crippen molar-refractivity contribution in [1.29, 1.82) is 0 Å². The molecule has 0 spiro atoms. The van der Waals surface area contributed by atoms with Gasteiger partial charge in [0.1, 0.15) is 5.82 Å². The Morgan fingerprint density at radius 2 is 1.88 bits per heavy atom. The van der Waals surface area contributed by atoms with Gasteiger partial charge in [0.05, 0.1) is 11.5 Å². The largest absolute Gasteiger partial charge is 0.439 e. The number of benzene rings is 2. The minimum Gasteiger partial charge on any atom is -0.363 e. The number of aromatic amines is 1. The molecule has 2 aromatic heterocycles. The van der Waals surface area contributed by atoms with Gasteiger partial charge in [-0.25, -0.2) is 9.78 Å². The smallest absolute Gasteiger partial charge is 0.363 e. The highest BCUT2D eigenvalue weighted by atomic mass is 32.1. The number of thiocarbonyl (C=S) groups is 1. The second-order valence-corrected chi connectivity index (χ2v) is 11.0. The Hall–Kier alpha value is -3.85. The summed E-state index contributed by atoms with van der Waals surface area (Å²) < 4.78 is 6.54. The van der Waals surface area contributed by atoms with Gasteiger partial charge >= 0.3 is 5.76 Å². The highest BCUT2D eigenvalue weighted by Gasteiger charge is 2.24. The molecule has 4 aromatic rings. The predicted molar refractivity (Wildman–Crippen MR) is 161 cm³/mol. The number of aromatic nitrogens is 4. The summed E-state index contributed by atoms with van der Waals surface area (Å²) in [5.74, 6) is 0.612. The van der Waals surface area contributed by atoms with Crippen molar-refractivity contribution in [2.45, 2.75) is 71.9 Å². The lowest BCUT2D eigenvalue weighted by Gasteiger charge is -2.25. The predicted octanol–water partition coefficient (Wildman–Crippen LogP) is 5.31. The zero-order chi connectivity index (χ0) is 28.2. The van der Waals surface area contributed by atoms with Crippen molar-refractivity contribution < 1.29 is 4.52 Å². The average Bonchev–Trinajstić information content (AvgIpc) is 3.60. The lowest BCUT2D eigenvalue weighted by molar-refractivity contribution is 0.388. The molecule has 40 heavy (non-hydrogen) atoms. The maximum absolute atomic E-state index is 13.9. The number of likely N-dealkylation sites (tertiary alicyclic amines) is 1. The zero-order valence-corrected chi connectivity index (χ0v) is 24.1. The van der Waals surface area contributed by atoms with Gasteiger partial charge in [0.25, 0.3) is 5.56 Å². The maximum atomic E-state index is 13.9. The Balaban J connectivity index is 1.45. The molecule has 0 amide bonds. The molecule has 0 radical (unpaired) electrons. The van der Waals surface area contributed by atoms with Crippen LogP contribution in [0.5, 0.6) is 0 Å². The van der Waals surface area contributed by atoms with Crippen LogP contribution in [0, 0.1) is 6.92 Å². The SMILES string of the molecule is CCCCc1nc(C)c(CC(=S)N2CCCC2C)c(=O)n1Cc1ccc(-c2ccccc2-c2noc(=O)[nH]2)cc1. The number of nitrogens with one attached hydrogen (secondary N) is 1. The molecule has 1 fully saturated rings. The number of unbranched alkanes of at least 4 members (excludes halogenated alkanes) is 1. The van der Waals surface area contributed by atoms with E-state index in [2.05, 4.69) is 28.9 Å². The Labute approximate surface area is 239 Å². The summed E-state index contributed by atoms with van der Waals surface area (Å²) in [4.78, 5) is 36.0. The summed E-state index contributed by atoms with van der Waals surface area (Å²) in [5.41, 5.74) is 5.13. The molecule has 1 atom stereocenters. The third-order valence-corrected chi connectivity index (χ3v) is 8.11. The van der Waals surface area contributed by atoms with Gasteiger partial charge < -0.3 is 4.90 Å². The highest BCUT2D eigenvalue weighted by molar-refractivity contribution is 7.80. The summed E-state index contributed by atoms with van der Waals surface area (Å²) >= 11 is 5.80. The van der Waals surface area contributed by atoms with E-state index in [1.54, 1.807) is 0 Å². The molecule has 1 aliphatic heterocycles. The van der Waals surface area contributed by atoms with Crippen LogP contribution in [0.1, 0.15) is 62.2 Å². The molecule has 0 saturated carbocycles. The van der Waals surface area contributed by atoms with Crippen LogP contribution in [0.3, 0.4) is 0 Å². The topological polar surface area (TPSA) is 97.0 Å². The quantitative estimate of drug-likeness (QED) is 0.279. The monoisotopic (exact) mass is 557 g/mol. The van der Waals surface area contributed by atoms with Crippen molar-refractivity contribution in [3.05, 3.63) is 92.1 Å². The molecule has 8 nitrogen and oxygen atoms in total. The van der Waals surface area contributed by atoms with Crippen LogP contribution in [0.25, 0.3) is 22.5 Å². The van der Waals surface area contributed by atoms with Gasteiger partial charge in [-0.15, -0.1) is 0 Å². The Morgan fingerprint density at radius 1 is 1.12 bits per heavy atom. The molecule has 1 aliphatic rings. The summed E-state index contributed by atoms with van der Waals surface area (Å²) in [7, 11) is 0. The normalized spacial score (nSPS) is 15.1. The fourth-order valence-corrected chi connectivity index (χ4v) is 5.88. The van der Waals surface area contributed by atoms with Crippen LogP contribution in [0.2, 0.25) is 0 Å². The molecule has 0 aliphatic carbocycles. The van der Waals surface area contributed by atoms with E-state index in [1.165, 1.54) is 0 Å². The molecule has 1 saturated heterocycles. The zero-order valence-electron chi connectivity index (χ0n) is 23.3. The first-order valence-electron chi connectivity index (χ1n) is 14.0. The van der Waals surface area contributed by atoms with Crippen LogP contribution < -0.4 is 11.3 Å². The first kappa shape index (κ1) is 27.7. The first-order chi connectivity index (χ1) is 19.4. The van der Waals surface area contributed by atoms with E-state index in [-0.39, 0.29) is 5.56 Å². The number of H-pyrrole nitrogens is 1. The van der Waals surface area contributed by atoms with Crippen LogP contribution in [0.4, 0.5) is 0 Å². The van der Waals surface area contributed by atoms with Crippen molar-refractivity contribution in [1.82, 2.24) is 24.6 Å². The van der Waals surface area contributed by atoms with Gasteiger partial charge in [-0.1, -0.05) is 79.3 Å².